The number of halogens is 1. The van der Waals surface area contributed by atoms with E-state index in [2.05, 4.69) is 5.32 Å². The highest BCUT2D eigenvalue weighted by molar-refractivity contribution is 7.93. The number of benzene rings is 2. The molecule has 35 heavy (non-hydrogen) atoms. The number of nitrogens with zero attached hydrogens (tertiary/aromatic N) is 2. The second-order valence-electron chi connectivity index (χ2n) is 8.32. The molecule has 2 unspecified atom stereocenters. The van der Waals surface area contributed by atoms with Gasteiger partial charge in [0.05, 0.1) is 36.0 Å². The highest BCUT2D eigenvalue weighted by atomic mass is 35.5. The van der Waals surface area contributed by atoms with Gasteiger partial charge >= 0.3 is 0 Å². The molecule has 0 aromatic heterocycles. The Morgan fingerprint density at radius 1 is 1.09 bits per heavy atom. The van der Waals surface area contributed by atoms with Crippen molar-refractivity contribution in [3.05, 3.63) is 71.3 Å². The summed E-state index contributed by atoms with van der Waals surface area (Å²) in [6.07, 6.45) is 3.13. The minimum atomic E-state index is -4.14. The molecule has 2 aliphatic rings. The van der Waals surface area contributed by atoms with E-state index in [1.54, 1.807) is 47.4 Å². The molecule has 2 heterocycles. The van der Waals surface area contributed by atoms with E-state index in [4.69, 9.17) is 22.1 Å². The third-order valence-electron chi connectivity index (χ3n) is 5.89. The van der Waals surface area contributed by atoms with Crippen LogP contribution in [0.1, 0.15) is 16.8 Å². The maximum absolute atomic E-state index is 13.8. The highest BCUT2D eigenvalue weighted by Gasteiger charge is 2.30. The Balaban J connectivity index is 1.78. The molecule has 11 heteroatoms. The van der Waals surface area contributed by atoms with Crippen molar-refractivity contribution >= 4 is 39.1 Å². The second-order valence-corrected chi connectivity index (χ2v) is 10.6. The third-order valence-corrected chi connectivity index (χ3v) is 8.16. The van der Waals surface area contributed by atoms with Crippen molar-refractivity contribution < 1.29 is 22.7 Å². The summed E-state index contributed by atoms with van der Waals surface area (Å²) in [5, 5.41) is 2.79. The number of rotatable bonds is 1. The number of hydrogen-bond acceptors (Lipinski definition) is 6. The van der Waals surface area contributed by atoms with Gasteiger partial charge in [-0.05, 0) is 36.8 Å². The number of morpholine rings is 1. The molecule has 2 amide bonds. The molecule has 0 radical (unpaired) electrons. The zero-order valence-electron chi connectivity index (χ0n) is 19.0. The van der Waals surface area contributed by atoms with Crippen LogP contribution in [-0.2, 0) is 19.6 Å². The number of ether oxygens (including phenoxy) is 1. The van der Waals surface area contributed by atoms with Gasteiger partial charge in [0.15, 0.2) is 0 Å². The lowest BCUT2D eigenvalue weighted by molar-refractivity contribution is -0.123. The van der Waals surface area contributed by atoms with Crippen molar-refractivity contribution in [3.8, 4) is 0 Å². The minimum absolute atomic E-state index is 0.0149. The van der Waals surface area contributed by atoms with Crippen LogP contribution in [0, 0.1) is 0 Å². The summed E-state index contributed by atoms with van der Waals surface area (Å²) in [5.41, 5.74) is 6.64. The van der Waals surface area contributed by atoms with Crippen LogP contribution in [0.15, 0.2) is 65.6 Å². The first-order chi connectivity index (χ1) is 16.8. The molecule has 2 aliphatic heterocycles. The summed E-state index contributed by atoms with van der Waals surface area (Å²) in [5.74, 6) is -0.693. The molecular weight excluding hydrogens is 492 g/mol. The molecule has 1 fully saturated rings. The number of carbonyl (C=O) groups is 2. The van der Waals surface area contributed by atoms with Gasteiger partial charge in [0.1, 0.15) is 4.90 Å². The Hall–Kier alpha value is -2.92. The molecule has 0 spiro atoms. The predicted octanol–water partition coefficient (Wildman–Crippen LogP) is 1.78. The Morgan fingerprint density at radius 3 is 2.63 bits per heavy atom. The number of nitrogens with two attached hydrogens (primary N) is 1. The lowest BCUT2D eigenvalue weighted by Gasteiger charge is -2.33. The number of sulfonamides is 1. The van der Waals surface area contributed by atoms with Gasteiger partial charge in [-0.3, -0.25) is 13.9 Å². The quantitative estimate of drug-likeness (QED) is 0.555. The number of fused-ring (bicyclic) bond motifs is 4. The van der Waals surface area contributed by atoms with Gasteiger partial charge < -0.3 is 20.7 Å². The SMILES string of the molecule is NC1C/C=C/CN(c2ccccc2)S(=O)(=O)c2cc(ccc2Cl)C(=O)N2CCOC(CNC1=O)C2. The first-order valence-electron chi connectivity index (χ1n) is 11.2. The van der Waals surface area contributed by atoms with E-state index in [9.17, 15) is 18.0 Å². The highest BCUT2D eigenvalue weighted by Crippen LogP contribution is 2.30. The fourth-order valence-corrected chi connectivity index (χ4v) is 5.88. The average Bonchev–Trinajstić information content (AvgIpc) is 2.87. The Kier molecular flexibility index (Phi) is 7.75. The first-order valence-corrected chi connectivity index (χ1v) is 13.1. The molecule has 2 aromatic rings. The molecule has 4 bridgehead atoms. The fourth-order valence-electron chi connectivity index (χ4n) is 3.96. The molecule has 3 N–H and O–H groups in total. The summed E-state index contributed by atoms with van der Waals surface area (Å²) in [6, 6.07) is 12.0. The molecule has 1 saturated heterocycles. The van der Waals surface area contributed by atoms with Crippen LogP contribution in [0.2, 0.25) is 5.02 Å². The number of anilines is 1. The van der Waals surface area contributed by atoms with E-state index in [1.165, 1.54) is 22.5 Å². The van der Waals surface area contributed by atoms with Crippen molar-refractivity contribution in [2.45, 2.75) is 23.5 Å². The topological polar surface area (TPSA) is 122 Å². The lowest BCUT2D eigenvalue weighted by Crippen LogP contribution is -2.51. The smallest absolute Gasteiger partial charge is 0.266 e. The van der Waals surface area contributed by atoms with Gasteiger partial charge in [-0.15, -0.1) is 0 Å². The molecule has 186 valence electrons. The van der Waals surface area contributed by atoms with E-state index in [0.717, 1.165) is 0 Å². The Morgan fingerprint density at radius 2 is 1.86 bits per heavy atom. The molecule has 2 aromatic carbocycles. The predicted molar refractivity (Wildman–Crippen MR) is 133 cm³/mol. The van der Waals surface area contributed by atoms with Crippen LogP contribution in [0.3, 0.4) is 0 Å². The van der Waals surface area contributed by atoms with E-state index in [-0.39, 0.29) is 53.4 Å². The zero-order chi connectivity index (χ0) is 25.0. The van der Waals surface area contributed by atoms with Gasteiger partial charge in [-0.1, -0.05) is 42.0 Å². The van der Waals surface area contributed by atoms with E-state index >= 15 is 0 Å². The van der Waals surface area contributed by atoms with Crippen LogP contribution >= 0.6 is 11.6 Å². The van der Waals surface area contributed by atoms with Crippen molar-refractivity contribution in [3.63, 3.8) is 0 Å². The standard InChI is InChI=1S/C24H27ClN4O5S/c25-20-10-9-17-14-22(20)35(32,33)29(18-6-2-1-3-7-18)11-5-4-8-21(26)23(30)27-15-19-16-28(24(17)31)12-13-34-19/h1-7,9-10,14,19,21H,8,11-13,15-16,26H2,(H,27,30)/b5-4+. The average molecular weight is 519 g/mol. The lowest BCUT2D eigenvalue weighted by atomic mass is 10.1. The molecule has 9 nitrogen and oxygen atoms in total. The van der Waals surface area contributed by atoms with Gasteiger partial charge in [0.2, 0.25) is 5.91 Å². The summed E-state index contributed by atoms with van der Waals surface area (Å²) < 4.78 is 34.4. The largest absolute Gasteiger partial charge is 0.373 e. The molecule has 0 aliphatic carbocycles. The van der Waals surface area contributed by atoms with Crippen LogP contribution in [0.25, 0.3) is 0 Å². The molecule has 0 saturated carbocycles. The van der Waals surface area contributed by atoms with Gasteiger partial charge in [-0.2, -0.15) is 0 Å². The van der Waals surface area contributed by atoms with Gasteiger partial charge in [0.25, 0.3) is 15.9 Å². The fraction of sp³-hybridized carbons (Fsp3) is 0.333. The Labute approximate surface area is 209 Å². The van der Waals surface area contributed by atoms with Crippen molar-refractivity contribution in [1.82, 2.24) is 10.2 Å². The summed E-state index contributed by atoms with van der Waals surface area (Å²) in [7, 11) is -4.14. The monoisotopic (exact) mass is 518 g/mol. The van der Waals surface area contributed by atoms with Gasteiger partial charge in [0, 0.05) is 25.2 Å². The van der Waals surface area contributed by atoms with Crippen molar-refractivity contribution in [2.24, 2.45) is 5.73 Å². The third kappa shape index (κ3) is 5.67. The van der Waals surface area contributed by atoms with E-state index in [0.29, 0.717) is 18.8 Å². The Bertz CT molecular complexity index is 1220. The maximum Gasteiger partial charge on any atom is 0.266 e. The number of hydrogen-bond donors (Lipinski definition) is 2. The zero-order valence-corrected chi connectivity index (χ0v) is 20.5. The van der Waals surface area contributed by atoms with Gasteiger partial charge in [-0.25, -0.2) is 8.42 Å². The number of para-hydroxylation sites is 1. The van der Waals surface area contributed by atoms with E-state index < -0.39 is 22.2 Å². The van der Waals surface area contributed by atoms with Crippen LogP contribution in [0.5, 0.6) is 0 Å². The number of carbonyl (C=O) groups excluding carboxylic acids is 2. The number of amides is 2. The first kappa shape index (κ1) is 25.2. The molecule has 4 rings (SSSR count). The summed E-state index contributed by atoms with van der Waals surface area (Å²) in [6.45, 7) is 1.07. The summed E-state index contributed by atoms with van der Waals surface area (Å²) >= 11 is 6.34. The maximum atomic E-state index is 13.8. The van der Waals surface area contributed by atoms with Crippen LogP contribution in [0.4, 0.5) is 5.69 Å². The second kappa shape index (κ2) is 10.8. The normalized spacial score (nSPS) is 24.4. The molecular formula is C24H27ClN4O5S. The van der Waals surface area contributed by atoms with Crippen LogP contribution < -0.4 is 15.4 Å². The molecule has 2 atom stereocenters. The van der Waals surface area contributed by atoms with Crippen LogP contribution in [-0.4, -0.2) is 70.1 Å². The minimum Gasteiger partial charge on any atom is -0.373 e. The van der Waals surface area contributed by atoms with Crippen molar-refractivity contribution in [1.29, 1.82) is 0 Å². The van der Waals surface area contributed by atoms with E-state index in [1.807, 2.05) is 0 Å². The van der Waals surface area contributed by atoms with Crippen molar-refractivity contribution in [2.75, 3.05) is 37.1 Å². The number of nitrogens with one attached hydrogen (secondary N) is 1. The summed E-state index contributed by atoms with van der Waals surface area (Å²) in [4.78, 5) is 27.1.